The molecular formula is C41H30FNO7. The molecule has 8 rings (SSSR count). The van der Waals surface area contributed by atoms with Crippen LogP contribution in [0.1, 0.15) is 45.8 Å². The zero-order valence-electron chi connectivity index (χ0n) is 26.5. The molecule has 248 valence electrons. The summed E-state index contributed by atoms with van der Waals surface area (Å²) in [5, 5.41) is 19.8. The van der Waals surface area contributed by atoms with Gasteiger partial charge in [0.25, 0.3) is 0 Å². The van der Waals surface area contributed by atoms with Crippen molar-refractivity contribution in [1.29, 1.82) is 0 Å². The number of halogens is 1. The van der Waals surface area contributed by atoms with Crippen molar-refractivity contribution in [3.05, 3.63) is 149 Å². The first-order valence-electron chi connectivity index (χ1n) is 16.4. The highest BCUT2D eigenvalue weighted by molar-refractivity contribution is 6.32. The maximum absolute atomic E-state index is 15.2. The lowest BCUT2D eigenvalue weighted by atomic mass is 9.44. The number of carbonyl (C=O) groups is 5. The van der Waals surface area contributed by atoms with E-state index in [1.54, 1.807) is 60.7 Å². The molecular weight excluding hydrogens is 637 g/mol. The molecule has 0 bridgehead atoms. The molecule has 1 aliphatic heterocycles. The summed E-state index contributed by atoms with van der Waals surface area (Å²) in [5.74, 6) is -8.63. The van der Waals surface area contributed by atoms with Gasteiger partial charge < -0.3 is 10.2 Å². The molecule has 6 unspecified atom stereocenters. The number of fused-ring (bicyclic) bond motifs is 4. The number of amides is 2. The van der Waals surface area contributed by atoms with E-state index in [2.05, 4.69) is 0 Å². The lowest BCUT2D eigenvalue weighted by molar-refractivity contribution is -0.135. The molecule has 2 amide bonds. The normalized spacial score (nSPS) is 27.2. The number of benzene rings is 4. The number of phenols is 1. The van der Waals surface area contributed by atoms with Crippen molar-refractivity contribution < 1.29 is 38.6 Å². The summed E-state index contributed by atoms with van der Waals surface area (Å²) in [7, 11) is 0. The average molecular weight is 668 g/mol. The fourth-order valence-corrected chi connectivity index (χ4v) is 8.98. The topological polar surface area (TPSA) is 129 Å². The van der Waals surface area contributed by atoms with Crippen molar-refractivity contribution in [1.82, 2.24) is 0 Å². The Morgan fingerprint density at radius 1 is 0.820 bits per heavy atom. The van der Waals surface area contributed by atoms with Crippen LogP contribution >= 0.6 is 0 Å². The number of anilines is 1. The average Bonchev–Trinajstić information content (AvgIpc) is 3.39. The van der Waals surface area contributed by atoms with Crippen molar-refractivity contribution in [2.75, 3.05) is 4.90 Å². The van der Waals surface area contributed by atoms with E-state index in [1.165, 1.54) is 42.5 Å². The minimum atomic E-state index is -1.53. The van der Waals surface area contributed by atoms with E-state index >= 15 is 4.39 Å². The number of aromatic hydroxyl groups is 1. The number of Topliss-reactive ketones (excluding diaryl/α,β-unsaturated/α-hetero) is 1. The van der Waals surface area contributed by atoms with Gasteiger partial charge in [0.2, 0.25) is 11.8 Å². The van der Waals surface area contributed by atoms with Crippen LogP contribution in [0.5, 0.6) is 5.75 Å². The van der Waals surface area contributed by atoms with Gasteiger partial charge in [0, 0.05) is 17.4 Å². The maximum atomic E-state index is 15.2. The van der Waals surface area contributed by atoms with Crippen LogP contribution in [0.4, 0.5) is 10.1 Å². The predicted molar refractivity (Wildman–Crippen MR) is 181 cm³/mol. The number of allylic oxidation sites excluding steroid dienone is 4. The number of phenolic OH excluding ortho intramolecular Hbond substituents is 1. The highest BCUT2D eigenvalue weighted by atomic mass is 19.1. The fraction of sp³-hybridized carbons (Fsp3) is 0.195. The lowest BCUT2D eigenvalue weighted by Gasteiger charge is -2.55. The second-order valence-corrected chi connectivity index (χ2v) is 13.4. The summed E-state index contributed by atoms with van der Waals surface area (Å²) < 4.78 is 15.2. The standard InChI is InChI=1S/C41H30FNO7/c42-32-19-23(14-17-33(32)44)36-27-15-16-28-35(39(48)43(38(28)47)26-13-7-10-24(18-26)40(49)50)30(27)20-31-37(46)29(22-8-3-1-4-9-22)21-34(45)41(31,36)25-11-5-2-6-12-25/h1-15,17-19,21,28,30-31,35-36,44H,16,20H2,(H,49,50). The second kappa shape index (κ2) is 11.6. The number of carboxylic acids is 1. The molecule has 0 radical (unpaired) electrons. The molecule has 4 aromatic rings. The summed E-state index contributed by atoms with van der Waals surface area (Å²) in [6.07, 6.45) is 3.46. The third kappa shape index (κ3) is 4.46. The third-order valence-corrected chi connectivity index (χ3v) is 11.0. The van der Waals surface area contributed by atoms with Gasteiger partial charge in [-0.05, 0) is 71.9 Å². The lowest BCUT2D eigenvalue weighted by Crippen LogP contribution is -2.58. The van der Waals surface area contributed by atoms with Crippen LogP contribution in [0.3, 0.4) is 0 Å². The molecule has 6 atom stereocenters. The van der Waals surface area contributed by atoms with E-state index in [0.29, 0.717) is 22.3 Å². The van der Waals surface area contributed by atoms with Crippen molar-refractivity contribution in [2.45, 2.75) is 24.2 Å². The Labute approximate surface area is 286 Å². The maximum Gasteiger partial charge on any atom is 0.335 e. The largest absolute Gasteiger partial charge is 0.505 e. The molecule has 4 aromatic carbocycles. The third-order valence-electron chi connectivity index (χ3n) is 11.0. The Bertz CT molecular complexity index is 2190. The molecule has 50 heavy (non-hydrogen) atoms. The van der Waals surface area contributed by atoms with E-state index in [4.69, 9.17) is 0 Å². The van der Waals surface area contributed by atoms with Crippen LogP contribution in [-0.2, 0) is 24.6 Å². The number of carboxylic acid groups (broad SMARTS) is 1. The molecule has 3 aliphatic carbocycles. The van der Waals surface area contributed by atoms with Crippen molar-refractivity contribution in [2.24, 2.45) is 23.7 Å². The summed E-state index contributed by atoms with van der Waals surface area (Å²) in [4.78, 5) is 71.1. The number of imide groups is 1. The Hall–Kier alpha value is -5.96. The Morgan fingerprint density at radius 2 is 1.54 bits per heavy atom. The Morgan fingerprint density at radius 3 is 2.24 bits per heavy atom. The van der Waals surface area contributed by atoms with Crippen molar-refractivity contribution in [3.8, 4) is 5.75 Å². The van der Waals surface area contributed by atoms with Crippen LogP contribution in [0.2, 0.25) is 0 Å². The molecule has 0 aromatic heterocycles. The zero-order valence-corrected chi connectivity index (χ0v) is 26.5. The number of ketones is 2. The van der Waals surface area contributed by atoms with E-state index in [0.717, 1.165) is 4.90 Å². The first-order valence-corrected chi connectivity index (χ1v) is 16.4. The first-order chi connectivity index (χ1) is 24.1. The first kappa shape index (κ1) is 31.3. The number of aromatic carboxylic acids is 1. The van der Waals surface area contributed by atoms with Gasteiger partial charge in [-0.15, -0.1) is 0 Å². The predicted octanol–water partition coefficient (Wildman–Crippen LogP) is 6.26. The number of nitrogens with zero attached hydrogens (tertiary/aromatic N) is 1. The fourth-order valence-electron chi connectivity index (χ4n) is 8.98. The molecule has 8 nitrogen and oxygen atoms in total. The van der Waals surface area contributed by atoms with Crippen LogP contribution in [0.25, 0.3) is 5.57 Å². The van der Waals surface area contributed by atoms with Gasteiger partial charge in [-0.1, -0.05) is 84.4 Å². The Balaban J connectivity index is 1.35. The zero-order chi connectivity index (χ0) is 34.9. The van der Waals surface area contributed by atoms with Crippen molar-refractivity contribution >= 4 is 40.6 Å². The molecule has 4 aliphatic rings. The SMILES string of the molecule is O=C(O)c1cccc(N2C(=O)C3CC=C4C(CC5C(=O)C(c6ccccc6)=CC(=O)C5(c5ccccc5)C4c4ccc(O)c(F)c4)C3C2=O)c1. The summed E-state index contributed by atoms with van der Waals surface area (Å²) in [6, 6.07) is 27.4. The van der Waals surface area contributed by atoms with Gasteiger partial charge in [0.15, 0.2) is 23.1 Å². The number of rotatable bonds is 5. The summed E-state index contributed by atoms with van der Waals surface area (Å²) in [6.45, 7) is 0. The number of carbonyl (C=O) groups excluding carboxylic acids is 4. The van der Waals surface area contributed by atoms with E-state index in [1.807, 2.05) is 12.1 Å². The van der Waals surface area contributed by atoms with Gasteiger partial charge in [-0.3, -0.25) is 24.1 Å². The summed E-state index contributed by atoms with van der Waals surface area (Å²) in [5.41, 5.74) is 0.899. The second-order valence-electron chi connectivity index (χ2n) is 13.4. The molecule has 1 saturated heterocycles. The monoisotopic (exact) mass is 667 g/mol. The highest BCUT2D eigenvalue weighted by Gasteiger charge is 2.66. The van der Waals surface area contributed by atoms with E-state index in [-0.39, 0.29) is 41.2 Å². The molecule has 2 fully saturated rings. The van der Waals surface area contributed by atoms with Gasteiger partial charge in [-0.25, -0.2) is 9.18 Å². The smallest absolute Gasteiger partial charge is 0.335 e. The van der Waals surface area contributed by atoms with E-state index < -0.39 is 64.4 Å². The van der Waals surface area contributed by atoms with Gasteiger partial charge >= 0.3 is 5.97 Å². The molecule has 1 heterocycles. The molecule has 1 saturated carbocycles. The van der Waals surface area contributed by atoms with Crippen molar-refractivity contribution in [3.63, 3.8) is 0 Å². The van der Waals surface area contributed by atoms with Crippen LogP contribution in [-0.4, -0.2) is 39.6 Å². The minimum absolute atomic E-state index is 0.0652. The van der Waals surface area contributed by atoms with E-state index in [9.17, 15) is 34.2 Å². The van der Waals surface area contributed by atoms with Gasteiger partial charge in [0.05, 0.1) is 28.5 Å². The van der Waals surface area contributed by atoms with Gasteiger partial charge in [0.1, 0.15) is 0 Å². The van der Waals surface area contributed by atoms with Crippen LogP contribution in [0, 0.1) is 29.5 Å². The molecule has 0 spiro atoms. The number of hydrogen-bond acceptors (Lipinski definition) is 6. The highest BCUT2D eigenvalue weighted by Crippen LogP contribution is 2.63. The number of hydrogen-bond donors (Lipinski definition) is 2. The van der Waals surface area contributed by atoms with Crippen LogP contribution < -0.4 is 4.90 Å². The summed E-state index contributed by atoms with van der Waals surface area (Å²) >= 11 is 0. The quantitative estimate of drug-likeness (QED) is 0.190. The molecule has 2 N–H and O–H groups in total. The molecule has 9 heteroatoms. The minimum Gasteiger partial charge on any atom is -0.505 e. The Kier molecular flexibility index (Phi) is 7.25. The van der Waals surface area contributed by atoms with Crippen LogP contribution in [0.15, 0.2) is 121 Å². The van der Waals surface area contributed by atoms with Gasteiger partial charge in [-0.2, -0.15) is 0 Å².